The van der Waals surface area contributed by atoms with Crippen molar-refractivity contribution in [3.8, 4) is 6.07 Å². The van der Waals surface area contributed by atoms with E-state index in [2.05, 4.69) is 13.0 Å². The molecule has 0 atom stereocenters. The molecule has 1 rings (SSSR count). The number of hydrogen-bond acceptors (Lipinski definition) is 3. The average molecular weight is 224 g/mol. The number of aliphatic hydroxyl groups is 1. The zero-order valence-corrected chi connectivity index (χ0v) is 10.1. The van der Waals surface area contributed by atoms with Crippen LogP contribution in [0.2, 0.25) is 0 Å². The molecule has 0 saturated heterocycles. The Balaban J connectivity index is 2.70. The third-order valence-electron chi connectivity index (χ3n) is 3.17. The lowest BCUT2D eigenvalue weighted by molar-refractivity contribution is -0.145. The predicted molar refractivity (Wildman–Crippen MR) is 60.4 cm³/mol. The molecule has 0 aromatic heterocycles. The molecule has 4 nitrogen and oxygen atoms in total. The molecule has 1 N–H and O–H groups in total. The highest BCUT2D eigenvalue weighted by molar-refractivity contribution is 5.86. The molecular weight excluding hydrogens is 204 g/mol. The predicted octanol–water partition coefficient (Wildman–Crippen LogP) is 1.16. The summed E-state index contributed by atoms with van der Waals surface area (Å²) >= 11 is 0. The van der Waals surface area contributed by atoms with Crippen LogP contribution in [0.3, 0.4) is 0 Å². The Morgan fingerprint density at radius 1 is 1.56 bits per heavy atom. The highest BCUT2D eigenvalue weighted by Crippen LogP contribution is 2.46. The van der Waals surface area contributed by atoms with Gasteiger partial charge in [-0.3, -0.25) is 4.79 Å². The Bertz CT molecular complexity index is 284. The summed E-state index contributed by atoms with van der Waals surface area (Å²) in [6, 6.07) is 2.17. The Morgan fingerprint density at radius 3 is 2.56 bits per heavy atom. The van der Waals surface area contributed by atoms with Gasteiger partial charge in [0.05, 0.1) is 12.7 Å². The summed E-state index contributed by atoms with van der Waals surface area (Å²) in [4.78, 5) is 13.8. The fraction of sp³-hybridized carbons (Fsp3) is 0.833. The van der Waals surface area contributed by atoms with Gasteiger partial charge in [-0.15, -0.1) is 0 Å². The number of aliphatic hydroxyl groups excluding tert-OH is 1. The summed E-state index contributed by atoms with van der Waals surface area (Å²) in [6.07, 6.45) is 2.17. The quantitative estimate of drug-likeness (QED) is 0.762. The molecule has 0 unspecified atom stereocenters. The molecule has 0 aromatic rings. The second kappa shape index (κ2) is 5.31. The molecule has 0 aromatic carbocycles. The van der Waals surface area contributed by atoms with Crippen LogP contribution < -0.4 is 0 Å². The van der Waals surface area contributed by atoms with Crippen molar-refractivity contribution < 1.29 is 9.90 Å². The number of carbonyl (C=O) groups is 1. The van der Waals surface area contributed by atoms with Crippen molar-refractivity contribution in [3.63, 3.8) is 0 Å². The van der Waals surface area contributed by atoms with E-state index in [1.807, 2.05) is 6.92 Å². The highest BCUT2D eigenvalue weighted by atomic mass is 16.3. The van der Waals surface area contributed by atoms with Crippen molar-refractivity contribution in [3.05, 3.63) is 0 Å². The molecule has 4 heteroatoms. The van der Waals surface area contributed by atoms with Crippen molar-refractivity contribution >= 4 is 5.91 Å². The molecule has 16 heavy (non-hydrogen) atoms. The first-order chi connectivity index (χ1) is 7.59. The maximum atomic E-state index is 12.2. The minimum atomic E-state index is -0.802. The van der Waals surface area contributed by atoms with Crippen molar-refractivity contribution in [1.82, 2.24) is 4.90 Å². The number of nitriles is 1. The van der Waals surface area contributed by atoms with Crippen LogP contribution in [0, 0.1) is 22.7 Å². The van der Waals surface area contributed by atoms with E-state index in [1.165, 1.54) is 0 Å². The van der Waals surface area contributed by atoms with Gasteiger partial charge in [0.2, 0.25) is 5.91 Å². The van der Waals surface area contributed by atoms with E-state index in [-0.39, 0.29) is 12.5 Å². The van der Waals surface area contributed by atoms with Gasteiger partial charge in [-0.2, -0.15) is 5.26 Å². The van der Waals surface area contributed by atoms with Crippen LogP contribution in [0.25, 0.3) is 0 Å². The lowest BCUT2D eigenvalue weighted by Crippen LogP contribution is -2.50. The third kappa shape index (κ3) is 2.35. The molecule has 0 bridgehead atoms. The summed E-state index contributed by atoms with van der Waals surface area (Å²) in [5.74, 6) is 0.366. The maximum absolute atomic E-state index is 12.2. The first-order valence-electron chi connectivity index (χ1n) is 5.91. The first kappa shape index (κ1) is 13.0. The van der Waals surface area contributed by atoms with Gasteiger partial charge in [0, 0.05) is 13.1 Å². The van der Waals surface area contributed by atoms with Crippen molar-refractivity contribution in [2.75, 3.05) is 19.7 Å². The summed E-state index contributed by atoms with van der Waals surface area (Å²) in [6.45, 7) is 4.96. The second-order valence-electron chi connectivity index (χ2n) is 4.72. The van der Waals surface area contributed by atoms with Gasteiger partial charge in [0.1, 0.15) is 5.41 Å². The van der Waals surface area contributed by atoms with Crippen LogP contribution in [-0.2, 0) is 4.79 Å². The topological polar surface area (TPSA) is 64.3 Å². The standard InChI is InChI=1S/C12H20N2O2/c1-3-4-14(5-6-15)11(16)12(9-13)7-10(2)8-12/h10,15H,3-8H2,1-2H3. The SMILES string of the molecule is CCCN(CCO)C(=O)C1(C#N)CC(C)C1. The summed E-state index contributed by atoms with van der Waals surface area (Å²) in [5, 5.41) is 18.1. The lowest BCUT2D eigenvalue weighted by atomic mass is 9.62. The van der Waals surface area contributed by atoms with E-state index in [4.69, 9.17) is 10.4 Å². The van der Waals surface area contributed by atoms with Crippen LogP contribution in [0.5, 0.6) is 0 Å². The molecule has 1 fully saturated rings. The van der Waals surface area contributed by atoms with E-state index >= 15 is 0 Å². The van der Waals surface area contributed by atoms with Gasteiger partial charge in [-0.25, -0.2) is 0 Å². The van der Waals surface area contributed by atoms with E-state index in [0.29, 0.717) is 31.8 Å². The van der Waals surface area contributed by atoms with Crippen molar-refractivity contribution in [2.24, 2.45) is 11.3 Å². The summed E-state index contributed by atoms with van der Waals surface area (Å²) in [5.41, 5.74) is -0.802. The minimum Gasteiger partial charge on any atom is -0.395 e. The van der Waals surface area contributed by atoms with Crippen LogP contribution in [-0.4, -0.2) is 35.6 Å². The normalized spacial score (nSPS) is 28.0. The zero-order chi connectivity index (χ0) is 12.2. The van der Waals surface area contributed by atoms with Gasteiger partial charge in [0.15, 0.2) is 0 Å². The third-order valence-corrected chi connectivity index (χ3v) is 3.17. The van der Waals surface area contributed by atoms with Gasteiger partial charge in [-0.05, 0) is 25.2 Å². The fourth-order valence-corrected chi connectivity index (χ4v) is 2.45. The molecule has 0 aliphatic heterocycles. The van der Waals surface area contributed by atoms with Gasteiger partial charge in [0.25, 0.3) is 0 Å². The average Bonchev–Trinajstić information content (AvgIpc) is 2.23. The Kier molecular flexibility index (Phi) is 4.31. The van der Waals surface area contributed by atoms with Crippen molar-refractivity contribution in [2.45, 2.75) is 33.1 Å². The van der Waals surface area contributed by atoms with E-state index in [0.717, 1.165) is 6.42 Å². The largest absolute Gasteiger partial charge is 0.395 e. The highest BCUT2D eigenvalue weighted by Gasteiger charge is 2.50. The van der Waals surface area contributed by atoms with Gasteiger partial charge in [-0.1, -0.05) is 13.8 Å². The molecule has 0 radical (unpaired) electrons. The number of carbonyl (C=O) groups excluding carboxylic acids is 1. The van der Waals surface area contributed by atoms with E-state index in [9.17, 15) is 4.79 Å². The molecular formula is C12H20N2O2. The minimum absolute atomic E-state index is 0.0389. The second-order valence-corrected chi connectivity index (χ2v) is 4.72. The number of hydrogen-bond donors (Lipinski definition) is 1. The van der Waals surface area contributed by atoms with Crippen LogP contribution in [0.1, 0.15) is 33.1 Å². The Labute approximate surface area is 96.9 Å². The molecule has 1 saturated carbocycles. The molecule has 1 aliphatic carbocycles. The first-order valence-corrected chi connectivity index (χ1v) is 5.91. The van der Waals surface area contributed by atoms with Crippen LogP contribution in [0.15, 0.2) is 0 Å². The fourth-order valence-electron chi connectivity index (χ4n) is 2.45. The molecule has 0 spiro atoms. The summed E-state index contributed by atoms with van der Waals surface area (Å²) in [7, 11) is 0. The maximum Gasteiger partial charge on any atom is 0.243 e. The van der Waals surface area contributed by atoms with Crippen LogP contribution >= 0.6 is 0 Å². The monoisotopic (exact) mass is 224 g/mol. The van der Waals surface area contributed by atoms with Crippen molar-refractivity contribution in [1.29, 1.82) is 5.26 Å². The van der Waals surface area contributed by atoms with Gasteiger partial charge < -0.3 is 10.0 Å². The number of nitrogens with zero attached hydrogens (tertiary/aromatic N) is 2. The number of amides is 1. The smallest absolute Gasteiger partial charge is 0.243 e. The molecule has 1 aliphatic rings. The zero-order valence-electron chi connectivity index (χ0n) is 10.1. The Morgan fingerprint density at radius 2 is 2.19 bits per heavy atom. The number of rotatable bonds is 5. The molecule has 0 heterocycles. The molecule has 90 valence electrons. The van der Waals surface area contributed by atoms with E-state index in [1.54, 1.807) is 4.90 Å². The van der Waals surface area contributed by atoms with Gasteiger partial charge >= 0.3 is 0 Å². The Hall–Kier alpha value is -1.08. The summed E-state index contributed by atoms with van der Waals surface area (Å²) < 4.78 is 0. The molecule has 1 amide bonds. The lowest BCUT2D eigenvalue weighted by Gasteiger charge is -2.42. The van der Waals surface area contributed by atoms with E-state index < -0.39 is 5.41 Å². The van der Waals surface area contributed by atoms with Crippen LogP contribution in [0.4, 0.5) is 0 Å².